The van der Waals surface area contributed by atoms with Gasteiger partial charge in [-0.15, -0.1) is 0 Å². The van der Waals surface area contributed by atoms with Gasteiger partial charge in [0.1, 0.15) is 11.4 Å². The van der Waals surface area contributed by atoms with Gasteiger partial charge < -0.3 is 5.11 Å². The van der Waals surface area contributed by atoms with Crippen molar-refractivity contribution < 1.29 is 5.11 Å². The van der Waals surface area contributed by atoms with Gasteiger partial charge in [0, 0.05) is 6.21 Å². The molecular weight excluding hydrogens is 222 g/mol. The minimum absolute atomic E-state index is 0.206. The second-order valence-electron chi connectivity index (χ2n) is 3.66. The number of aliphatic imine (C=N–C) groups is 1. The van der Waals surface area contributed by atoms with Crippen molar-refractivity contribution in [3.05, 3.63) is 59.7 Å². The molecule has 18 heavy (non-hydrogen) atoms. The zero-order chi connectivity index (χ0) is 13.4. The number of hydrogen-bond acceptors (Lipinski definition) is 2. The maximum absolute atomic E-state index is 9.60. The van der Waals surface area contributed by atoms with Crippen LogP contribution in [0, 0.1) is 6.92 Å². The van der Waals surface area contributed by atoms with Gasteiger partial charge in [0.05, 0.1) is 0 Å². The molecular formula is C16H19NO. The highest BCUT2D eigenvalue weighted by Gasteiger charge is 1.97. The minimum Gasteiger partial charge on any atom is -0.506 e. The first-order valence-corrected chi connectivity index (χ1v) is 6.14. The minimum atomic E-state index is 0.206. The Morgan fingerprint density at radius 1 is 1.00 bits per heavy atom. The van der Waals surface area contributed by atoms with Gasteiger partial charge in [0.25, 0.3) is 0 Å². The highest BCUT2D eigenvalue weighted by Crippen LogP contribution is 2.26. The van der Waals surface area contributed by atoms with Crippen molar-refractivity contribution in [1.82, 2.24) is 0 Å². The van der Waals surface area contributed by atoms with Crippen molar-refractivity contribution in [2.75, 3.05) is 0 Å². The predicted molar refractivity (Wildman–Crippen MR) is 77.9 cm³/mol. The second kappa shape index (κ2) is 7.28. The van der Waals surface area contributed by atoms with Crippen LogP contribution in [0.3, 0.4) is 0 Å². The summed E-state index contributed by atoms with van der Waals surface area (Å²) in [5.41, 5.74) is 2.70. The molecule has 1 N–H and O–H groups in total. The SMILES string of the molecule is CC.Cc1ccc(O)c(N=Cc2ccccc2)c1. The molecule has 0 saturated heterocycles. The number of aryl methyl sites for hydroxylation is 1. The van der Waals surface area contributed by atoms with Crippen molar-refractivity contribution in [1.29, 1.82) is 0 Å². The van der Waals surface area contributed by atoms with Gasteiger partial charge in [-0.3, -0.25) is 4.99 Å². The van der Waals surface area contributed by atoms with Crippen LogP contribution in [0.15, 0.2) is 53.5 Å². The molecule has 0 aromatic heterocycles. The summed E-state index contributed by atoms with van der Waals surface area (Å²) in [5, 5.41) is 9.60. The molecule has 0 fully saturated rings. The van der Waals surface area contributed by atoms with Crippen LogP contribution < -0.4 is 0 Å². The van der Waals surface area contributed by atoms with Crippen LogP contribution in [0.2, 0.25) is 0 Å². The Bertz CT molecular complexity index is 504. The average Bonchev–Trinajstić information content (AvgIpc) is 2.43. The lowest BCUT2D eigenvalue weighted by molar-refractivity contribution is 0.477. The molecule has 2 heteroatoms. The lowest BCUT2D eigenvalue weighted by atomic mass is 10.2. The van der Waals surface area contributed by atoms with E-state index in [1.165, 1.54) is 0 Å². The standard InChI is InChI=1S/C14H13NO.C2H6/c1-11-7-8-14(16)13(9-11)15-10-12-5-3-2-4-6-12;1-2/h2-10,16H,1H3;1-2H3. The van der Waals surface area contributed by atoms with Gasteiger partial charge >= 0.3 is 0 Å². The maximum atomic E-state index is 9.60. The number of benzene rings is 2. The van der Waals surface area contributed by atoms with E-state index in [4.69, 9.17) is 0 Å². The summed E-state index contributed by atoms with van der Waals surface area (Å²) in [4.78, 5) is 4.26. The molecule has 0 amide bonds. The summed E-state index contributed by atoms with van der Waals surface area (Å²) in [6, 6.07) is 15.2. The fourth-order valence-electron chi connectivity index (χ4n) is 1.42. The number of nitrogens with zero attached hydrogens (tertiary/aromatic N) is 1. The Morgan fingerprint density at radius 2 is 1.67 bits per heavy atom. The van der Waals surface area contributed by atoms with Gasteiger partial charge in [-0.2, -0.15) is 0 Å². The molecule has 2 aromatic carbocycles. The second-order valence-corrected chi connectivity index (χ2v) is 3.66. The molecule has 2 aromatic rings. The Labute approximate surface area is 109 Å². The summed E-state index contributed by atoms with van der Waals surface area (Å²) < 4.78 is 0. The van der Waals surface area contributed by atoms with E-state index in [0.717, 1.165) is 11.1 Å². The first-order chi connectivity index (χ1) is 8.75. The van der Waals surface area contributed by atoms with Crippen LogP contribution in [0.5, 0.6) is 5.75 Å². The molecule has 0 heterocycles. The van der Waals surface area contributed by atoms with Crippen molar-refractivity contribution in [3.8, 4) is 5.75 Å². The fourth-order valence-corrected chi connectivity index (χ4v) is 1.42. The number of aromatic hydroxyl groups is 1. The molecule has 0 aliphatic carbocycles. The van der Waals surface area contributed by atoms with Crippen molar-refractivity contribution in [3.63, 3.8) is 0 Å². The predicted octanol–water partition coefficient (Wildman–Crippen LogP) is 4.48. The van der Waals surface area contributed by atoms with Crippen LogP contribution in [0.4, 0.5) is 5.69 Å². The molecule has 0 atom stereocenters. The van der Waals surface area contributed by atoms with Crippen LogP contribution >= 0.6 is 0 Å². The zero-order valence-corrected chi connectivity index (χ0v) is 11.1. The fraction of sp³-hybridized carbons (Fsp3) is 0.188. The Kier molecular flexibility index (Phi) is 5.65. The van der Waals surface area contributed by atoms with E-state index in [1.54, 1.807) is 12.3 Å². The van der Waals surface area contributed by atoms with Crippen molar-refractivity contribution >= 4 is 11.9 Å². The highest BCUT2D eigenvalue weighted by molar-refractivity contribution is 5.82. The third-order valence-electron chi connectivity index (χ3n) is 2.28. The summed E-state index contributed by atoms with van der Waals surface area (Å²) in [6.07, 6.45) is 1.74. The zero-order valence-electron chi connectivity index (χ0n) is 11.1. The quantitative estimate of drug-likeness (QED) is 0.773. The monoisotopic (exact) mass is 241 g/mol. The Morgan fingerprint density at radius 3 is 2.33 bits per heavy atom. The van der Waals surface area contributed by atoms with E-state index in [-0.39, 0.29) is 5.75 Å². The van der Waals surface area contributed by atoms with E-state index in [2.05, 4.69) is 4.99 Å². The van der Waals surface area contributed by atoms with Crippen LogP contribution in [-0.2, 0) is 0 Å². The first kappa shape index (κ1) is 14.0. The van der Waals surface area contributed by atoms with E-state index < -0.39 is 0 Å². The molecule has 0 saturated carbocycles. The van der Waals surface area contributed by atoms with Crippen LogP contribution in [0.1, 0.15) is 25.0 Å². The van der Waals surface area contributed by atoms with Gasteiger partial charge in [0.2, 0.25) is 0 Å². The third-order valence-corrected chi connectivity index (χ3v) is 2.28. The molecule has 0 bridgehead atoms. The first-order valence-electron chi connectivity index (χ1n) is 6.14. The number of rotatable bonds is 2. The molecule has 94 valence electrons. The maximum Gasteiger partial charge on any atom is 0.141 e. The van der Waals surface area contributed by atoms with Gasteiger partial charge in [-0.05, 0) is 30.2 Å². The van der Waals surface area contributed by atoms with Crippen molar-refractivity contribution in [2.24, 2.45) is 4.99 Å². The number of phenolic OH excluding ortho intramolecular Hbond substituents is 1. The molecule has 0 aliphatic rings. The summed E-state index contributed by atoms with van der Waals surface area (Å²) in [5.74, 6) is 0.206. The lowest BCUT2D eigenvalue weighted by Crippen LogP contribution is -1.79. The number of phenols is 1. The molecule has 0 spiro atoms. The molecule has 2 rings (SSSR count). The smallest absolute Gasteiger partial charge is 0.141 e. The van der Waals surface area contributed by atoms with Crippen LogP contribution in [-0.4, -0.2) is 11.3 Å². The van der Waals surface area contributed by atoms with Crippen LogP contribution in [0.25, 0.3) is 0 Å². The largest absolute Gasteiger partial charge is 0.506 e. The summed E-state index contributed by atoms with van der Waals surface area (Å²) >= 11 is 0. The lowest BCUT2D eigenvalue weighted by Gasteiger charge is -1.99. The van der Waals surface area contributed by atoms with E-state index >= 15 is 0 Å². The average molecular weight is 241 g/mol. The summed E-state index contributed by atoms with van der Waals surface area (Å²) in [6.45, 7) is 5.97. The topological polar surface area (TPSA) is 32.6 Å². The van der Waals surface area contributed by atoms with Crippen molar-refractivity contribution in [2.45, 2.75) is 20.8 Å². The highest BCUT2D eigenvalue weighted by atomic mass is 16.3. The molecule has 0 radical (unpaired) electrons. The Balaban J connectivity index is 0.000000771. The molecule has 2 nitrogen and oxygen atoms in total. The van der Waals surface area contributed by atoms with E-state index in [1.807, 2.05) is 63.2 Å². The van der Waals surface area contributed by atoms with Gasteiger partial charge in [-0.25, -0.2) is 0 Å². The van der Waals surface area contributed by atoms with E-state index in [0.29, 0.717) is 5.69 Å². The van der Waals surface area contributed by atoms with Gasteiger partial charge in [0.15, 0.2) is 0 Å². The molecule has 0 unspecified atom stereocenters. The Hall–Kier alpha value is -2.09. The summed E-state index contributed by atoms with van der Waals surface area (Å²) in [7, 11) is 0. The third kappa shape index (κ3) is 4.06. The van der Waals surface area contributed by atoms with E-state index in [9.17, 15) is 5.11 Å². The normalized spacial score (nSPS) is 9.94. The van der Waals surface area contributed by atoms with Gasteiger partial charge in [-0.1, -0.05) is 50.2 Å². The molecule has 0 aliphatic heterocycles. The number of hydrogen-bond donors (Lipinski definition) is 1.